The molecule has 30 heavy (non-hydrogen) atoms. The number of carbonyl (C=O) groups excluding carboxylic acids is 2. The largest absolute Gasteiger partial charge is 0.490 e. The first-order valence-electron chi connectivity index (χ1n) is 8.75. The number of amides is 2. The molecule has 0 atom stereocenters. The van der Waals surface area contributed by atoms with E-state index in [0.717, 1.165) is 0 Å². The quantitative estimate of drug-likeness (QED) is 0.412. The van der Waals surface area contributed by atoms with Crippen LogP contribution in [0.2, 0.25) is 0 Å². The Morgan fingerprint density at radius 3 is 2.50 bits per heavy atom. The van der Waals surface area contributed by atoms with Crippen LogP contribution in [0.5, 0.6) is 11.5 Å². The standard InChI is InChI=1S/C20H16Br2N2O6/c1-2-29-14-9-11(16(21)17(22)18(14)30-10-15(25)26)8-13-19(27)23-24(20(13)28)12-6-4-3-5-7-12/h3-9H,2,10H2,1H3,(H,23,27)(H,25,26)/b13-8-. The van der Waals surface area contributed by atoms with Crippen LogP contribution in [0, 0.1) is 0 Å². The number of hydrogen-bond donors (Lipinski definition) is 2. The molecule has 0 saturated carbocycles. The second-order valence-electron chi connectivity index (χ2n) is 6.01. The molecule has 0 unspecified atom stereocenters. The SMILES string of the molecule is CCOc1cc(/C=C2/C(=O)NN(c3ccccc3)C2=O)c(Br)c(Br)c1OCC(=O)O. The van der Waals surface area contributed by atoms with Gasteiger partial charge in [-0.2, -0.15) is 0 Å². The van der Waals surface area contributed by atoms with E-state index in [1.54, 1.807) is 43.3 Å². The van der Waals surface area contributed by atoms with Gasteiger partial charge in [0.25, 0.3) is 11.8 Å². The lowest BCUT2D eigenvalue weighted by Crippen LogP contribution is -2.35. The van der Waals surface area contributed by atoms with E-state index >= 15 is 0 Å². The van der Waals surface area contributed by atoms with Crippen molar-refractivity contribution in [1.82, 2.24) is 5.43 Å². The summed E-state index contributed by atoms with van der Waals surface area (Å²) in [6.45, 7) is 1.51. The van der Waals surface area contributed by atoms with Gasteiger partial charge in [0, 0.05) is 4.47 Å². The van der Waals surface area contributed by atoms with Gasteiger partial charge in [-0.05, 0) is 68.6 Å². The minimum Gasteiger partial charge on any atom is -0.490 e. The molecule has 156 valence electrons. The van der Waals surface area contributed by atoms with Crippen LogP contribution in [-0.4, -0.2) is 36.1 Å². The summed E-state index contributed by atoms with van der Waals surface area (Å²) in [5.74, 6) is -1.72. The molecule has 2 aromatic carbocycles. The average Bonchev–Trinajstić information content (AvgIpc) is 3.00. The Morgan fingerprint density at radius 1 is 1.17 bits per heavy atom. The van der Waals surface area contributed by atoms with Gasteiger partial charge in [0.15, 0.2) is 18.1 Å². The van der Waals surface area contributed by atoms with Crippen molar-refractivity contribution in [2.75, 3.05) is 18.2 Å². The van der Waals surface area contributed by atoms with Gasteiger partial charge in [-0.3, -0.25) is 15.0 Å². The van der Waals surface area contributed by atoms with Crippen LogP contribution in [-0.2, 0) is 14.4 Å². The molecule has 2 N–H and O–H groups in total. The lowest BCUT2D eigenvalue weighted by Gasteiger charge is -2.15. The number of ether oxygens (including phenoxy) is 2. The summed E-state index contributed by atoms with van der Waals surface area (Å²) in [4.78, 5) is 36.1. The number of anilines is 1. The molecule has 10 heteroatoms. The van der Waals surface area contributed by atoms with Crippen molar-refractivity contribution in [3.63, 3.8) is 0 Å². The maximum atomic E-state index is 12.8. The molecular weight excluding hydrogens is 524 g/mol. The maximum absolute atomic E-state index is 12.8. The molecule has 1 aliphatic heterocycles. The molecule has 3 rings (SSSR count). The zero-order valence-corrected chi connectivity index (χ0v) is 18.8. The Bertz CT molecular complexity index is 1040. The highest BCUT2D eigenvalue weighted by Gasteiger charge is 2.34. The molecule has 1 heterocycles. The van der Waals surface area contributed by atoms with Gasteiger partial charge in [-0.1, -0.05) is 18.2 Å². The summed E-state index contributed by atoms with van der Waals surface area (Å²) in [7, 11) is 0. The molecule has 2 aromatic rings. The number of hydrogen-bond acceptors (Lipinski definition) is 5. The number of halogens is 2. The van der Waals surface area contributed by atoms with Gasteiger partial charge >= 0.3 is 5.97 Å². The van der Waals surface area contributed by atoms with Gasteiger partial charge in [-0.15, -0.1) is 0 Å². The molecule has 2 amide bonds. The van der Waals surface area contributed by atoms with Crippen LogP contribution in [0.3, 0.4) is 0 Å². The molecule has 0 bridgehead atoms. The number of rotatable bonds is 7. The Labute approximate surface area is 188 Å². The molecule has 0 radical (unpaired) electrons. The van der Waals surface area contributed by atoms with Crippen LogP contribution in [0.1, 0.15) is 12.5 Å². The number of carboxylic acids is 1. The topological polar surface area (TPSA) is 105 Å². The number of carbonyl (C=O) groups is 3. The van der Waals surface area contributed by atoms with Gasteiger partial charge < -0.3 is 14.6 Å². The van der Waals surface area contributed by atoms with E-state index in [2.05, 4.69) is 37.3 Å². The lowest BCUT2D eigenvalue weighted by molar-refractivity contribution is -0.139. The van der Waals surface area contributed by atoms with Crippen molar-refractivity contribution in [3.8, 4) is 11.5 Å². The fourth-order valence-electron chi connectivity index (χ4n) is 2.71. The van der Waals surface area contributed by atoms with Crippen molar-refractivity contribution < 1.29 is 29.0 Å². The summed E-state index contributed by atoms with van der Waals surface area (Å²) >= 11 is 6.76. The zero-order valence-electron chi connectivity index (χ0n) is 15.6. The number of hydrazine groups is 1. The third-order valence-corrected chi connectivity index (χ3v) is 6.14. The van der Waals surface area contributed by atoms with Gasteiger partial charge in [0.2, 0.25) is 0 Å². The first-order valence-corrected chi connectivity index (χ1v) is 10.3. The number of para-hydroxylation sites is 1. The van der Waals surface area contributed by atoms with Crippen LogP contribution in [0.4, 0.5) is 5.69 Å². The molecule has 1 aliphatic rings. The predicted octanol–water partition coefficient (Wildman–Crippen LogP) is 3.54. The summed E-state index contributed by atoms with van der Waals surface area (Å²) < 4.78 is 11.8. The Balaban J connectivity index is 2.01. The van der Waals surface area contributed by atoms with Gasteiger partial charge in [0.1, 0.15) is 5.57 Å². The van der Waals surface area contributed by atoms with Crippen molar-refractivity contribution in [1.29, 1.82) is 0 Å². The minimum atomic E-state index is -1.14. The van der Waals surface area contributed by atoms with Crippen LogP contribution in [0.15, 0.2) is 50.9 Å². The molecule has 0 spiro atoms. The van der Waals surface area contributed by atoms with E-state index in [9.17, 15) is 14.4 Å². The number of nitrogens with one attached hydrogen (secondary N) is 1. The molecule has 0 aliphatic carbocycles. The van der Waals surface area contributed by atoms with Gasteiger partial charge in [-0.25, -0.2) is 9.80 Å². The predicted molar refractivity (Wildman–Crippen MR) is 116 cm³/mol. The first kappa shape index (κ1) is 21.8. The fourth-order valence-corrected chi connectivity index (χ4v) is 3.66. The number of aliphatic carboxylic acids is 1. The van der Waals surface area contributed by atoms with Crippen LogP contribution in [0.25, 0.3) is 6.08 Å². The fraction of sp³-hybridized carbons (Fsp3) is 0.150. The minimum absolute atomic E-state index is 0.0619. The van der Waals surface area contributed by atoms with Crippen molar-refractivity contribution >= 4 is 61.4 Å². The second kappa shape index (κ2) is 9.31. The van der Waals surface area contributed by atoms with E-state index in [1.807, 2.05) is 0 Å². The normalized spacial score (nSPS) is 14.8. The van der Waals surface area contributed by atoms with E-state index in [4.69, 9.17) is 14.6 Å². The smallest absolute Gasteiger partial charge is 0.341 e. The molecular formula is C20H16Br2N2O6. The summed E-state index contributed by atoms with van der Waals surface area (Å²) in [6.07, 6.45) is 1.43. The van der Waals surface area contributed by atoms with E-state index in [0.29, 0.717) is 26.8 Å². The maximum Gasteiger partial charge on any atom is 0.341 e. The Hall–Kier alpha value is -2.85. The van der Waals surface area contributed by atoms with Crippen LogP contribution < -0.4 is 19.9 Å². The zero-order chi connectivity index (χ0) is 21.8. The summed E-state index contributed by atoms with van der Waals surface area (Å²) in [5.41, 5.74) is 3.48. The van der Waals surface area contributed by atoms with Crippen molar-refractivity contribution in [2.24, 2.45) is 0 Å². The third kappa shape index (κ3) is 4.49. The highest BCUT2D eigenvalue weighted by molar-refractivity contribution is 9.13. The van der Waals surface area contributed by atoms with Gasteiger partial charge in [0.05, 0.1) is 16.8 Å². The van der Waals surface area contributed by atoms with E-state index < -0.39 is 24.4 Å². The average molecular weight is 540 g/mol. The molecule has 8 nitrogen and oxygen atoms in total. The Kier molecular flexibility index (Phi) is 6.78. The van der Waals surface area contributed by atoms with Crippen LogP contribution >= 0.6 is 31.9 Å². The lowest BCUT2D eigenvalue weighted by atomic mass is 10.1. The highest BCUT2D eigenvalue weighted by Crippen LogP contribution is 2.43. The third-order valence-electron chi connectivity index (χ3n) is 4.00. The van der Waals surface area contributed by atoms with Crippen molar-refractivity contribution in [2.45, 2.75) is 6.92 Å². The van der Waals surface area contributed by atoms with E-state index in [-0.39, 0.29) is 17.1 Å². The number of benzene rings is 2. The van der Waals surface area contributed by atoms with Crippen molar-refractivity contribution in [3.05, 3.63) is 56.5 Å². The monoisotopic (exact) mass is 538 g/mol. The number of nitrogens with zero attached hydrogens (tertiary/aromatic N) is 1. The molecule has 0 aromatic heterocycles. The molecule has 1 saturated heterocycles. The highest BCUT2D eigenvalue weighted by atomic mass is 79.9. The summed E-state index contributed by atoms with van der Waals surface area (Å²) in [5, 5.41) is 10.1. The second-order valence-corrected chi connectivity index (χ2v) is 7.60. The summed E-state index contributed by atoms with van der Waals surface area (Å²) in [6, 6.07) is 10.3. The van der Waals surface area contributed by atoms with E-state index in [1.165, 1.54) is 11.1 Å². The number of carboxylic acid groups (broad SMARTS) is 1. The Morgan fingerprint density at radius 2 is 1.87 bits per heavy atom. The first-order chi connectivity index (χ1) is 14.3. The molecule has 1 fully saturated rings.